The molecule has 0 saturated carbocycles. The summed E-state index contributed by atoms with van der Waals surface area (Å²) in [4.78, 5) is 15.5. The lowest BCUT2D eigenvalue weighted by Crippen LogP contribution is -2.79. The van der Waals surface area contributed by atoms with E-state index in [1.54, 1.807) is 12.0 Å². The van der Waals surface area contributed by atoms with Crippen molar-refractivity contribution in [2.45, 2.75) is 37.4 Å². The highest BCUT2D eigenvalue weighted by Gasteiger charge is 2.68. The van der Waals surface area contributed by atoms with Crippen LogP contribution in [0.1, 0.15) is 19.4 Å². The number of amides is 1. The van der Waals surface area contributed by atoms with E-state index in [1.807, 2.05) is 68.4 Å². The highest BCUT2D eigenvalue weighted by Crippen LogP contribution is 2.49. The molecule has 4 rings (SSSR count). The van der Waals surface area contributed by atoms with Gasteiger partial charge in [-0.1, -0.05) is 36.9 Å². The van der Waals surface area contributed by atoms with Crippen molar-refractivity contribution in [1.82, 2.24) is 0 Å². The summed E-state index contributed by atoms with van der Waals surface area (Å²) in [6, 6.07) is 16.5. The van der Waals surface area contributed by atoms with E-state index in [0.717, 1.165) is 11.3 Å². The van der Waals surface area contributed by atoms with Gasteiger partial charge < -0.3 is 18.9 Å². The topological polar surface area (TPSA) is 57.2 Å². The molecule has 2 fully saturated rings. The summed E-state index contributed by atoms with van der Waals surface area (Å²) in [6.45, 7) is 7.94. The van der Waals surface area contributed by atoms with E-state index in [2.05, 4.69) is 12.3 Å². The zero-order valence-electron chi connectivity index (χ0n) is 18.3. The molecule has 1 amide bonds. The molecular weight excluding hydrogens is 394 g/mol. The molecule has 0 spiro atoms. The van der Waals surface area contributed by atoms with Gasteiger partial charge in [0.25, 0.3) is 5.91 Å². The van der Waals surface area contributed by atoms with E-state index >= 15 is 0 Å². The lowest BCUT2D eigenvalue weighted by molar-refractivity contribution is -0.169. The minimum absolute atomic E-state index is 0.200. The maximum absolute atomic E-state index is 13.8. The molecule has 0 bridgehead atoms. The second kappa shape index (κ2) is 7.98. The van der Waals surface area contributed by atoms with E-state index < -0.39 is 23.5 Å². The Labute approximate surface area is 182 Å². The molecule has 6 heteroatoms. The van der Waals surface area contributed by atoms with Crippen molar-refractivity contribution in [1.29, 1.82) is 0 Å². The summed E-state index contributed by atoms with van der Waals surface area (Å²) in [5, 5.41) is 0. The van der Waals surface area contributed by atoms with Gasteiger partial charge in [-0.15, -0.1) is 5.73 Å². The molecule has 0 unspecified atom stereocenters. The van der Waals surface area contributed by atoms with Crippen LogP contribution >= 0.6 is 0 Å². The van der Waals surface area contributed by atoms with Crippen LogP contribution in [-0.4, -0.2) is 50.3 Å². The maximum atomic E-state index is 13.8. The number of benzene rings is 2. The number of carbonyl (C=O) groups excluding carboxylic acids is 1. The second-order valence-corrected chi connectivity index (χ2v) is 8.04. The van der Waals surface area contributed by atoms with Gasteiger partial charge in [-0.25, -0.2) is 0 Å². The molecule has 2 aliphatic heterocycles. The summed E-state index contributed by atoms with van der Waals surface area (Å²) in [5.41, 5.74) is 3.83. The normalized spacial score (nSPS) is 26.8. The van der Waals surface area contributed by atoms with E-state index in [-0.39, 0.29) is 5.91 Å². The van der Waals surface area contributed by atoms with Crippen LogP contribution in [0.2, 0.25) is 0 Å². The third kappa shape index (κ3) is 3.38. The van der Waals surface area contributed by atoms with Crippen LogP contribution in [0.25, 0.3) is 5.57 Å². The van der Waals surface area contributed by atoms with E-state index in [4.69, 9.17) is 18.9 Å². The predicted molar refractivity (Wildman–Crippen MR) is 118 cm³/mol. The van der Waals surface area contributed by atoms with Gasteiger partial charge in [-0.05, 0) is 43.7 Å². The molecule has 162 valence electrons. The molecule has 2 saturated heterocycles. The van der Waals surface area contributed by atoms with Crippen LogP contribution in [0.15, 0.2) is 66.9 Å². The monoisotopic (exact) mass is 421 g/mol. The summed E-state index contributed by atoms with van der Waals surface area (Å²) >= 11 is 0. The molecule has 31 heavy (non-hydrogen) atoms. The number of hydrogen-bond acceptors (Lipinski definition) is 5. The van der Waals surface area contributed by atoms with E-state index in [1.165, 1.54) is 7.11 Å². The zero-order chi connectivity index (χ0) is 22.2. The SMILES string of the molecule is C=C=C(c1ccccc1)[C@]1(OC)C(=O)N(c2ccc(OC)cc2)[C@H]1[C@H]1COC(C)(C)O1. The fourth-order valence-corrected chi connectivity index (χ4v) is 4.48. The number of anilines is 1. The number of β-lactam (4-membered cyclic amide) rings is 1. The lowest BCUT2D eigenvalue weighted by Gasteiger charge is -2.56. The lowest BCUT2D eigenvalue weighted by atomic mass is 9.71. The molecule has 2 heterocycles. The Morgan fingerprint density at radius 2 is 1.81 bits per heavy atom. The van der Waals surface area contributed by atoms with Crippen LogP contribution in [0.3, 0.4) is 0 Å². The molecule has 2 aromatic rings. The van der Waals surface area contributed by atoms with Gasteiger partial charge in [0, 0.05) is 18.4 Å². The minimum Gasteiger partial charge on any atom is -0.497 e. The molecule has 2 aromatic carbocycles. The van der Waals surface area contributed by atoms with E-state index in [0.29, 0.717) is 17.9 Å². The molecule has 0 radical (unpaired) electrons. The average Bonchev–Trinajstić information content (AvgIpc) is 3.14. The summed E-state index contributed by atoms with van der Waals surface area (Å²) in [6.07, 6.45) is -0.401. The van der Waals surface area contributed by atoms with Crippen molar-refractivity contribution < 1.29 is 23.7 Å². The van der Waals surface area contributed by atoms with Crippen LogP contribution in [0.4, 0.5) is 5.69 Å². The number of carbonyl (C=O) groups is 1. The van der Waals surface area contributed by atoms with Gasteiger partial charge in [0.2, 0.25) is 5.60 Å². The molecular formula is C25H27NO5. The maximum Gasteiger partial charge on any atom is 0.267 e. The first kappa shape index (κ1) is 21.3. The minimum atomic E-state index is -1.29. The Hall–Kier alpha value is -2.89. The number of nitrogens with zero attached hydrogens (tertiary/aromatic N) is 1. The Kier molecular flexibility index (Phi) is 5.50. The van der Waals surface area contributed by atoms with Gasteiger partial charge in [-0.3, -0.25) is 9.69 Å². The van der Waals surface area contributed by atoms with Crippen molar-refractivity contribution in [3.63, 3.8) is 0 Å². The van der Waals surface area contributed by atoms with Crippen LogP contribution < -0.4 is 9.64 Å². The second-order valence-electron chi connectivity index (χ2n) is 8.04. The number of ether oxygens (including phenoxy) is 4. The largest absolute Gasteiger partial charge is 0.497 e. The van der Waals surface area contributed by atoms with Gasteiger partial charge in [-0.2, -0.15) is 0 Å². The fourth-order valence-electron chi connectivity index (χ4n) is 4.48. The highest BCUT2D eigenvalue weighted by atomic mass is 16.7. The summed E-state index contributed by atoms with van der Waals surface area (Å²) in [7, 11) is 3.15. The van der Waals surface area contributed by atoms with Crippen LogP contribution in [0, 0.1) is 0 Å². The van der Waals surface area contributed by atoms with E-state index in [9.17, 15) is 4.79 Å². The standard InChI is InChI=1S/C25H27NO5/c1-6-20(17-10-8-7-9-11-17)25(29-5)22(21-16-30-24(2,3)31-21)26(23(25)27)18-12-14-19(28-4)15-13-18/h7-15,21-22H,1,16H2,2-5H3/t21-,22+,25-/m1/s1. The van der Waals surface area contributed by atoms with Gasteiger partial charge >= 0.3 is 0 Å². The third-order valence-corrected chi connectivity index (χ3v) is 5.90. The summed E-state index contributed by atoms with van der Waals surface area (Å²) in [5.74, 6) is -0.239. The highest BCUT2D eigenvalue weighted by molar-refractivity contribution is 6.16. The number of rotatable bonds is 6. The predicted octanol–water partition coefficient (Wildman–Crippen LogP) is 3.82. The molecule has 3 atom stereocenters. The van der Waals surface area contributed by atoms with Crippen molar-refractivity contribution in [2.75, 3.05) is 25.7 Å². The van der Waals surface area contributed by atoms with Gasteiger partial charge in [0.1, 0.15) is 17.9 Å². The average molecular weight is 421 g/mol. The number of hydrogen-bond donors (Lipinski definition) is 0. The molecule has 6 nitrogen and oxygen atoms in total. The zero-order valence-corrected chi connectivity index (χ0v) is 18.3. The fraction of sp³-hybridized carbons (Fsp3) is 0.360. The van der Waals surface area contributed by atoms with Crippen molar-refractivity contribution >= 4 is 17.2 Å². The molecule has 0 aromatic heterocycles. The molecule has 0 N–H and O–H groups in total. The van der Waals surface area contributed by atoms with Crippen molar-refractivity contribution in [3.05, 3.63) is 72.5 Å². The summed E-state index contributed by atoms with van der Waals surface area (Å²) < 4.78 is 23.3. The molecule has 2 aliphatic rings. The quantitative estimate of drug-likeness (QED) is 0.524. The Morgan fingerprint density at radius 1 is 1.13 bits per heavy atom. The molecule has 0 aliphatic carbocycles. The Bertz CT molecular complexity index is 1010. The Morgan fingerprint density at radius 3 is 2.32 bits per heavy atom. The smallest absolute Gasteiger partial charge is 0.267 e. The van der Waals surface area contributed by atoms with Gasteiger partial charge in [0.05, 0.1) is 13.7 Å². The van der Waals surface area contributed by atoms with Crippen molar-refractivity contribution in [2.24, 2.45) is 0 Å². The first-order chi connectivity index (χ1) is 14.9. The first-order valence-corrected chi connectivity index (χ1v) is 10.2. The van der Waals surface area contributed by atoms with Crippen molar-refractivity contribution in [3.8, 4) is 5.75 Å². The Balaban J connectivity index is 1.82. The van der Waals surface area contributed by atoms with Crippen LogP contribution in [-0.2, 0) is 19.0 Å². The van der Waals surface area contributed by atoms with Gasteiger partial charge in [0.15, 0.2) is 5.79 Å². The van der Waals surface area contributed by atoms with Crippen LogP contribution in [0.5, 0.6) is 5.75 Å². The third-order valence-electron chi connectivity index (χ3n) is 5.90. The number of methoxy groups -OCH3 is 2. The first-order valence-electron chi connectivity index (χ1n) is 10.2.